The maximum absolute atomic E-state index is 12.1. The maximum Gasteiger partial charge on any atom is 0.387 e. The topological polar surface area (TPSA) is 64.9 Å². The zero-order valence-electron chi connectivity index (χ0n) is 9.83. The van der Waals surface area contributed by atoms with Crippen LogP contribution in [-0.2, 0) is 0 Å². The summed E-state index contributed by atoms with van der Waals surface area (Å²) in [6.45, 7) is -2.05. The molecule has 1 atom stereocenters. The average molecular weight is 267 g/mol. The first-order valence-electron chi connectivity index (χ1n) is 5.80. The molecule has 3 rings (SSSR count). The van der Waals surface area contributed by atoms with Crippen molar-refractivity contribution in [1.29, 1.82) is 0 Å². The highest BCUT2D eigenvalue weighted by molar-refractivity contribution is 5.33. The summed E-state index contributed by atoms with van der Waals surface area (Å²) in [5.41, 5.74) is 0.955. The Balaban J connectivity index is 1.84. The van der Waals surface area contributed by atoms with Crippen LogP contribution in [0.25, 0.3) is 0 Å². The number of nitrogens with zero attached hydrogens (tertiary/aromatic N) is 4. The van der Waals surface area contributed by atoms with Gasteiger partial charge in [0.25, 0.3) is 0 Å². The number of anilines is 1. The van der Waals surface area contributed by atoms with Crippen LogP contribution in [0.1, 0.15) is 18.0 Å². The van der Waals surface area contributed by atoms with Crippen molar-refractivity contribution in [1.82, 2.24) is 20.2 Å². The molecule has 0 radical (unpaired) electrons. The molecular weight excluding hydrogens is 256 g/mol. The van der Waals surface area contributed by atoms with Gasteiger partial charge in [-0.2, -0.15) is 8.78 Å². The molecule has 1 unspecified atom stereocenters. The number of rotatable bonds is 3. The van der Waals surface area contributed by atoms with E-state index in [9.17, 15) is 8.78 Å². The van der Waals surface area contributed by atoms with Gasteiger partial charge in [0, 0.05) is 6.54 Å². The second kappa shape index (κ2) is 4.79. The molecule has 19 heavy (non-hydrogen) atoms. The highest BCUT2D eigenvalue weighted by atomic mass is 19.3. The van der Waals surface area contributed by atoms with Crippen molar-refractivity contribution in [2.24, 2.45) is 0 Å². The number of halogens is 2. The van der Waals surface area contributed by atoms with E-state index in [1.54, 1.807) is 16.8 Å². The number of benzene rings is 1. The zero-order chi connectivity index (χ0) is 13.2. The van der Waals surface area contributed by atoms with Crippen LogP contribution in [-0.4, -0.2) is 33.4 Å². The van der Waals surface area contributed by atoms with E-state index >= 15 is 0 Å². The van der Waals surface area contributed by atoms with Gasteiger partial charge in [-0.3, -0.25) is 0 Å². The summed E-state index contributed by atoms with van der Waals surface area (Å²) in [4.78, 5) is 0. The Bertz CT molecular complexity index is 556. The molecule has 2 heterocycles. The number of hydrogen-bond donors (Lipinski definition) is 1. The van der Waals surface area contributed by atoms with Gasteiger partial charge >= 0.3 is 6.61 Å². The number of fused-ring (bicyclic) bond motifs is 1. The van der Waals surface area contributed by atoms with Gasteiger partial charge in [-0.25, -0.2) is 4.68 Å². The molecule has 0 aliphatic carbocycles. The number of alkyl halides is 2. The van der Waals surface area contributed by atoms with Crippen molar-refractivity contribution in [3.05, 3.63) is 29.8 Å². The Morgan fingerprint density at radius 1 is 1.32 bits per heavy atom. The molecule has 6 nitrogen and oxygen atoms in total. The minimum absolute atomic E-state index is 0.00634. The minimum atomic E-state index is -2.81. The first-order chi connectivity index (χ1) is 9.24. The van der Waals surface area contributed by atoms with E-state index in [-0.39, 0.29) is 11.8 Å². The number of nitrogens with one attached hydrogen (secondary N) is 1. The Labute approximate surface area is 107 Å². The second-order valence-corrected chi connectivity index (χ2v) is 4.13. The molecule has 1 aliphatic rings. The van der Waals surface area contributed by atoms with Crippen molar-refractivity contribution in [2.45, 2.75) is 19.1 Å². The van der Waals surface area contributed by atoms with Gasteiger partial charge < -0.3 is 10.1 Å². The van der Waals surface area contributed by atoms with Crippen LogP contribution >= 0.6 is 0 Å². The van der Waals surface area contributed by atoms with Crippen molar-refractivity contribution in [3.63, 3.8) is 0 Å². The third-order valence-corrected chi connectivity index (χ3v) is 2.98. The van der Waals surface area contributed by atoms with Crippen LogP contribution in [0.15, 0.2) is 24.3 Å². The number of ether oxygens (including phenoxy) is 1. The average Bonchev–Trinajstić information content (AvgIpc) is 2.87. The van der Waals surface area contributed by atoms with E-state index in [4.69, 9.17) is 0 Å². The Morgan fingerprint density at radius 2 is 2.11 bits per heavy atom. The van der Waals surface area contributed by atoms with Gasteiger partial charge in [0.1, 0.15) is 5.75 Å². The molecular formula is C11H11F2N5O. The van der Waals surface area contributed by atoms with E-state index in [1.165, 1.54) is 12.1 Å². The summed E-state index contributed by atoms with van der Waals surface area (Å²) in [5.74, 6) is 0.758. The molecule has 2 aromatic rings. The fourth-order valence-electron chi connectivity index (χ4n) is 2.14. The van der Waals surface area contributed by atoms with E-state index in [1.807, 2.05) is 0 Å². The third kappa shape index (κ3) is 2.33. The minimum Gasteiger partial charge on any atom is -0.435 e. The monoisotopic (exact) mass is 267 g/mol. The first-order valence-corrected chi connectivity index (χ1v) is 5.80. The number of aromatic nitrogens is 4. The molecule has 1 N–H and O–H groups in total. The predicted molar refractivity (Wildman–Crippen MR) is 62.1 cm³/mol. The number of tetrazole rings is 1. The van der Waals surface area contributed by atoms with Crippen molar-refractivity contribution in [2.75, 3.05) is 11.9 Å². The van der Waals surface area contributed by atoms with Gasteiger partial charge in [-0.15, -0.1) is 0 Å². The molecule has 0 spiro atoms. The largest absolute Gasteiger partial charge is 0.435 e. The number of hydrogen-bond acceptors (Lipinski definition) is 5. The fraction of sp³-hybridized carbons (Fsp3) is 0.364. The summed E-state index contributed by atoms with van der Waals surface area (Å²) in [6, 6.07) is 6.55. The molecule has 0 saturated carbocycles. The SMILES string of the molecule is FC(F)Oc1ccc(C2CCNc3nnnn32)cc1. The standard InChI is InChI=1S/C11H11F2N5O/c12-10(13)19-8-3-1-7(2-4-8)9-5-6-14-11-15-16-17-18(9)11/h1-4,9-10H,5-6H2,(H,14,15,17). The molecule has 8 heteroatoms. The van der Waals surface area contributed by atoms with Crippen molar-refractivity contribution in [3.8, 4) is 5.75 Å². The van der Waals surface area contributed by atoms with E-state index in [0.29, 0.717) is 5.95 Å². The van der Waals surface area contributed by atoms with Crippen molar-refractivity contribution < 1.29 is 13.5 Å². The van der Waals surface area contributed by atoms with Gasteiger partial charge in [-0.05, 0) is 34.5 Å². The lowest BCUT2D eigenvalue weighted by atomic mass is 10.0. The second-order valence-electron chi connectivity index (χ2n) is 4.13. The third-order valence-electron chi connectivity index (χ3n) is 2.98. The van der Waals surface area contributed by atoms with Crippen LogP contribution in [0.2, 0.25) is 0 Å². The Morgan fingerprint density at radius 3 is 2.84 bits per heavy atom. The van der Waals surface area contributed by atoms with Gasteiger partial charge in [0.2, 0.25) is 5.95 Å². The van der Waals surface area contributed by atoms with E-state index in [2.05, 4.69) is 25.6 Å². The molecule has 100 valence electrons. The zero-order valence-corrected chi connectivity index (χ0v) is 9.83. The summed E-state index contributed by atoms with van der Waals surface area (Å²) in [7, 11) is 0. The quantitative estimate of drug-likeness (QED) is 0.916. The molecule has 0 saturated heterocycles. The highest BCUT2D eigenvalue weighted by Crippen LogP contribution is 2.28. The van der Waals surface area contributed by atoms with Crippen LogP contribution < -0.4 is 10.1 Å². The Hall–Kier alpha value is -2.25. The summed E-state index contributed by atoms with van der Waals surface area (Å²) in [5, 5.41) is 14.5. The normalized spacial score (nSPS) is 17.9. The van der Waals surface area contributed by atoms with Gasteiger partial charge in [0.15, 0.2) is 0 Å². The molecule has 0 bridgehead atoms. The lowest BCUT2D eigenvalue weighted by molar-refractivity contribution is -0.0498. The molecule has 0 amide bonds. The first kappa shape index (κ1) is 11.8. The summed E-state index contributed by atoms with van der Waals surface area (Å²) >= 11 is 0. The molecule has 1 aromatic carbocycles. The Kier molecular flexibility index (Phi) is 2.98. The fourth-order valence-corrected chi connectivity index (χ4v) is 2.14. The van der Waals surface area contributed by atoms with Crippen LogP contribution in [0.3, 0.4) is 0 Å². The van der Waals surface area contributed by atoms with Gasteiger partial charge in [0.05, 0.1) is 6.04 Å². The van der Waals surface area contributed by atoms with Crippen molar-refractivity contribution >= 4 is 5.95 Å². The highest BCUT2D eigenvalue weighted by Gasteiger charge is 2.23. The van der Waals surface area contributed by atoms with E-state index < -0.39 is 6.61 Å². The lowest BCUT2D eigenvalue weighted by Gasteiger charge is -2.23. The molecule has 1 aromatic heterocycles. The molecule has 0 fully saturated rings. The van der Waals surface area contributed by atoms with Crippen LogP contribution in [0.4, 0.5) is 14.7 Å². The smallest absolute Gasteiger partial charge is 0.387 e. The van der Waals surface area contributed by atoms with Crippen LogP contribution in [0, 0.1) is 0 Å². The summed E-state index contributed by atoms with van der Waals surface area (Å²) < 4.78 is 30.1. The maximum atomic E-state index is 12.1. The van der Waals surface area contributed by atoms with Crippen LogP contribution in [0.5, 0.6) is 5.75 Å². The molecule has 1 aliphatic heterocycles. The lowest BCUT2D eigenvalue weighted by Crippen LogP contribution is -2.24. The summed E-state index contributed by atoms with van der Waals surface area (Å²) in [6.07, 6.45) is 0.826. The van der Waals surface area contributed by atoms with E-state index in [0.717, 1.165) is 18.5 Å². The predicted octanol–water partition coefficient (Wildman–Crippen LogP) is 1.68. The van der Waals surface area contributed by atoms with Gasteiger partial charge in [-0.1, -0.05) is 17.2 Å².